The molecule has 2 atom stereocenters. The van der Waals surface area contributed by atoms with Crippen molar-refractivity contribution in [3.8, 4) is 0 Å². The number of hydrogen-bond donors (Lipinski definition) is 0. The van der Waals surface area contributed by atoms with Gasteiger partial charge in [-0.05, 0) is 54.3 Å². The van der Waals surface area contributed by atoms with Crippen molar-refractivity contribution in [1.82, 2.24) is 4.90 Å². The maximum absolute atomic E-state index is 13.3. The van der Waals surface area contributed by atoms with Crippen LogP contribution in [0, 0.1) is 5.92 Å². The van der Waals surface area contributed by atoms with Crippen molar-refractivity contribution in [2.24, 2.45) is 10.9 Å². The summed E-state index contributed by atoms with van der Waals surface area (Å²) in [5.41, 5.74) is 2.01. The summed E-state index contributed by atoms with van der Waals surface area (Å²) in [7, 11) is 0. The summed E-state index contributed by atoms with van der Waals surface area (Å²) in [6.07, 6.45) is 10.6. The van der Waals surface area contributed by atoms with Crippen LogP contribution in [0.4, 0.5) is 5.69 Å². The van der Waals surface area contributed by atoms with Crippen LogP contribution in [0.3, 0.4) is 0 Å². The van der Waals surface area contributed by atoms with E-state index in [0.29, 0.717) is 5.92 Å². The second kappa shape index (κ2) is 9.27. The maximum Gasteiger partial charge on any atom is 0.266 e. The highest BCUT2D eigenvalue weighted by Crippen LogP contribution is 2.39. The van der Waals surface area contributed by atoms with Gasteiger partial charge in [-0.2, -0.15) is 0 Å². The molecule has 0 spiro atoms. The Kier molecular flexibility index (Phi) is 6.30. The molecule has 2 aromatic carbocycles. The molecular weight excluding hydrogens is 376 g/mol. The predicted molar refractivity (Wildman–Crippen MR) is 123 cm³/mol. The molecule has 1 saturated heterocycles. The van der Waals surface area contributed by atoms with Crippen LogP contribution in [0.15, 0.2) is 82.7 Å². The number of rotatable bonds is 4. The molecule has 2 aliphatic rings. The predicted octanol–water partition coefficient (Wildman–Crippen LogP) is 6.43. The largest absolute Gasteiger partial charge is 0.283 e. The fourth-order valence-corrected chi connectivity index (χ4v) is 4.97. The number of para-hydroxylation sites is 1. The Balaban J connectivity index is 1.63. The molecule has 1 heterocycles. The number of allylic oxidation sites excluding steroid dienone is 2. The molecule has 1 saturated carbocycles. The summed E-state index contributed by atoms with van der Waals surface area (Å²) in [5, 5.41) is 0.805. The lowest BCUT2D eigenvalue weighted by molar-refractivity contribution is -0.125. The molecule has 1 aliphatic carbocycles. The molecule has 0 unspecified atom stereocenters. The van der Waals surface area contributed by atoms with Gasteiger partial charge in [-0.25, -0.2) is 4.99 Å². The van der Waals surface area contributed by atoms with Gasteiger partial charge in [-0.15, -0.1) is 0 Å². The van der Waals surface area contributed by atoms with Crippen LogP contribution in [-0.2, 0) is 4.79 Å². The van der Waals surface area contributed by atoms with E-state index in [1.54, 1.807) is 0 Å². The van der Waals surface area contributed by atoms with Crippen LogP contribution in [0.25, 0.3) is 6.08 Å². The molecule has 3 nitrogen and oxygen atoms in total. The van der Waals surface area contributed by atoms with Gasteiger partial charge in [0.05, 0.1) is 10.6 Å². The average Bonchev–Trinajstić information content (AvgIpc) is 3.05. The average molecular weight is 403 g/mol. The molecule has 0 bridgehead atoms. The molecule has 29 heavy (non-hydrogen) atoms. The first-order chi connectivity index (χ1) is 14.2. The van der Waals surface area contributed by atoms with E-state index in [0.717, 1.165) is 27.7 Å². The Labute approximate surface area is 177 Å². The molecule has 1 aliphatic heterocycles. The molecule has 4 rings (SSSR count). The third-order valence-electron chi connectivity index (χ3n) is 5.55. The Morgan fingerprint density at radius 2 is 1.69 bits per heavy atom. The lowest BCUT2D eigenvalue weighted by atomic mass is 9.85. The van der Waals surface area contributed by atoms with Gasteiger partial charge >= 0.3 is 0 Å². The Morgan fingerprint density at radius 1 is 1.00 bits per heavy atom. The number of amidine groups is 1. The second-order valence-electron chi connectivity index (χ2n) is 7.64. The van der Waals surface area contributed by atoms with Crippen LogP contribution in [0.5, 0.6) is 0 Å². The Hall–Kier alpha value is -2.59. The van der Waals surface area contributed by atoms with Crippen molar-refractivity contribution < 1.29 is 4.79 Å². The Bertz CT molecular complexity index is 934. The number of carbonyl (C=O) groups is 1. The summed E-state index contributed by atoms with van der Waals surface area (Å²) in [6, 6.07) is 20.3. The van der Waals surface area contributed by atoms with Gasteiger partial charge in [0.15, 0.2) is 5.17 Å². The van der Waals surface area contributed by atoms with E-state index >= 15 is 0 Å². The molecule has 2 fully saturated rings. The van der Waals surface area contributed by atoms with Crippen LogP contribution < -0.4 is 0 Å². The van der Waals surface area contributed by atoms with Gasteiger partial charge in [0.2, 0.25) is 0 Å². The van der Waals surface area contributed by atoms with E-state index in [2.05, 4.69) is 19.1 Å². The van der Waals surface area contributed by atoms with Gasteiger partial charge in [0.1, 0.15) is 0 Å². The smallest absolute Gasteiger partial charge is 0.266 e. The Morgan fingerprint density at radius 3 is 2.41 bits per heavy atom. The first-order valence-corrected chi connectivity index (χ1v) is 11.1. The highest BCUT2D eigenvalue weighted by atomic mass is 32.2. The minimum absolute atomic E-state index is 0.0844. The third-order valence-corrected chi connectivity index (χ3v) is 6.55. The minimum Gasteiger partial charge on any atom is -0.283 e. The summed E-state index contributed by atoms with van der Waals surface area (Å²) in [5.74, 6) is 0.578. The molecule has 0 radical (unpaired) electrons. The van der Waals surface area contributed by atoms with Crippen LogP contribution in [-0.4, -0.2) is 22.0 Å². The van der Waals surface area contributed by atoms with Crippen molar-refractivity contribution in [1.29, 1.82) is 0 Å². The van der Waals surface area contributed by atoms with Crippen molar-refractivity contribution in [2.75, 3.05) is 0 Å². The van der Waals surface area contributed by atoms with Gasteiger partial charge in [-0.3, -0.25) is 9.69 Å². The van der Waals surface area contributed by atoms with E-state index < -0.39 is 0 Å². The van der Waals surface area contributed by atoms with Crippen LogP contribution in [0.1, 0.15) is 38.2 Å². The van der Waals surface area contributed by atoms with Gasteiger partial charge in [0.25, 0.3) is 5.91 Å². The van der Waals surface area contributed by atoms with E-state index in [9.17, 15) is 4.79 Å². The monoisotopic (exact) mass is 402 g/mol. The highest BCUT2D eigenvalue weighted by molar-refractivity contribution is 8.18. The number of nitrogens with zero attached hydrogens (tertiary/aromatic N) is 2. The SMILES string of the molecule is C[C@@H]1CCCC[C@H]1N1C(=O)/C(=C/C=C/c2ccccc2)SC1=Nc1ccccc1. The summed E-state index contributed by atoms with van der Waals surface area (Å²) in [6.45, 7) is 2.26. The fourth-order valence-electron chi connectivity index (χ4n) is 3.98. The molecule has 2 aromatic rings. The van der Waals surface area contributed by atoms with Crippen molar-refractivity contribution in [3.63, 3.8) is 0 Å². The third kappa shape index (κ3) is 4.70. The second-order valence-corrected chi connectivity index (χ2v) is 8.65. The maximum atomic E-state index is 13.3. The number of aliphatic imine (C=N–C) groups is 1. The molecular formula is C25H26N2OS. The quantitative estimate of drug-likeness (QED) is 0.552. The van der Waals surface area contributed by atoms with Gasteiger partial charge in [-0.1, -0.05) is 80.4 Å². The van der Waals surface area contributed by atoms with Crippen molar-refractivity contribution in [2.45, 2.75) is 38.6 Å². The zero-order valence-corrected chi connectivity index (χ0v) is 17.5. The molecule has 0 aromatic heterocycles. The van der Waals surface area contributed by atoms with Gasteiger partial charge in [0, 0.05) is 6.04 Å². The lowest BCUT2D eigenvalue weighted by Gasteiger charge is -2.35. The number of benzene rings is 2. The minimum atomic E-state index is 0.0844. The van der Waals surface area contributed by atoms with Crippen LogP contribution in [0.2, 0.25) is 0 Å². The number of carbonyl (C=O) groups excluding carboxylic acids is 1. The molecule has 1 amide bonds. The van der Waals surface area contributed by atoms with E-state index in [-0.39, 0.29) is 11.9 Å². The van der Waals surface area contributed by atoms with Crippen molar-refractivity contribution >= 4 is 34.6 Å². The summed E-state index contributed by atoms with van der Waals surface area (Å²) in [4.78, 5) is 20.9. The lowest BCUT2D eigenvalue weighted by Crippen LogP contribution is -2.44. The van der Waals surface area contributed by atoms with E-state index in [4.69, 9.17) is 4.99 Å². The topological polar surface area (TPSA) is 32.7 Å². The molecule has 148 valence electrons. The molecule has 4 heteroatoms. The number of amides is 1. The highest BCUT2D eigenvalue weighted by Gasteiger charge is 2.40. The standard InChI is InChI=1S/C25H26N2OS/c1-19-11-8-9-17-22(19)27-24(28)23(18-10-14-20-12-4-2-5-13-20)29-25(27)26-21-15-6-3-7-16-21/h2-7,10,12-16,18-19,22H,8-9,11,17H2,1H3/b14-10+,23-18-,26-25?/t19-,22-/m1/s1. The zero-order chi connectivity index (χ0) is 20.1. The summed E-state index contributed by atoms with van der Waals surface area (Å²) >= 11 is 1.49. The summed E-state index contributed by atoms with van der Waals surface area (Å²) < 4.78 is 0. The normalized spacial score (nSPS) is 25.4. The van der Waals surface area contributed by atoms with Gasteiger partial charge < -0.3 is 0 Å². The van der Waals surface area contributed by atoms with Crippen molar-refractivity contribution in [3.05, 3.63) is 83.3 Å². The fraction of sp³-hybridized carbons (Fsp3) is 0.280. The van der Waals surface area contributed by atoms with E-state index in [1.165, 1.54) is 31.0 Å². The number of thioether (sulfide) groups is 1. The van der Waals surface area contributed by atoms with Crippen LogP contribution >= 0.6 is 11.8 Å². The first-order valence-electron chi connectivity index (χ1n) is 10.3. The zero-order valence-electron chi connectivity index (χ0n) is 16.7. The molecule has 0 N–H and O–H groups in total. The first kappa shape index (κ1) is 19.7. The van der Waals surface area contributed by atoms with E-state index in [1.807, 2.05) is 71.7 Å². The number of hydrogen-bond acceptors (Lipinski definition) is 3.